The van der Waals surface area contributed by atoms with Crippen LogP contribution in [0.1, 0.15) is 34.6 Å². The smallest absolute Gasteiger partial charge is 0.253 e. The fourth-order valence-electron chi connectivity index (χ4n) is 1.66. The molecule has 18 heavy (non-hydrogen) atoms. The van der Waals surface area contributed by atoms with Crippen LogP contribution in [0.25, 0.3) is 0 Å². The monoisotopic (exact) mass is 261 g/mol. The van der Waals surface area contributed by atoms with Crippen molar-refractivity contribution in [3.05, 3.63) is 45.9 Å². The zero-order valence-electron chi connectivity index (χ0n) is 10.3. The van der Waals surface area contributed by atoms with E-state index in [-0.39, 0.29) is 11.9 Å². The first-order valence-corrected chi connectivity index (χ1v) is 6.57. The van der Waals surface area contributed by atoms with Crippen molar-refractivity contribution in [1.29, 1.82) is 0 Å². The van der Waals surface area contributed by atoms with Gasteiger partial charge in [0, 0.05) is 0 Å². The fourth-order valence-corrected chi connectivity index (χ4v) is 2.41. The Kier molecular flexibility index (Phi) is 3.62. The van der Waals surface area contributed by atoms with Gasteiger partial charge >= 0.3 is 0 Å². The van der Waals surface area contributed by atoms with Crippen molar-refractivity contribution in [3.8, 4) is 0 Å². The number of carbonyl (C=O) groups is 1. The van der Waals surface area contributed by atoms with Crippen molar-refractivity contribution in [2.24, 2.45) is 0 Å². The number of rotatable bonds is 3. The largest absolute Gasteiger partial charge is 0.397 e. The molecule has 2 aromatic rings. The van der Waals surface area contributed by atoms with E-state index in [0.717, 1.165) is 5.56 Å². The molecule has 0 aliphatic rings. The van der Waals surface area contributed by atoms with Crippen LogP contribution in [0.2, 0.25) is 0 Å². The quantitative estimate of drug-likeness (QED) is 0.892. The molecule has 1 unspecified atom stereocenters. The molecule has 0 spiro atoms. The predicted octanol–water partition coefficient (Wildman–Crippen LogP) is 2.52. The molecule has 0 saturated carbocycles. The summed E-state index contributed by atoms with van der Waals surface area (Å²) in [5.41, 5.74) is 8.45. The van der Waals surface area contributed by atoms with E-state index < -0.39 is 0 Å². The van der Waals surface area contributed by atoms with Crippen molar-refractivity contribution in [2.75, 3.05) is 5.73 Å². The minimum Gasteiger partial charge on any atom is -0.397 e. The molecule has 0 fully saturated rings. The van der Waals surface area contributed by atoms with Gasteiger partial charge in [0.1, 0.15) is 0 Å². The van der Waals surface area contributed by atoms with E-state index in [1.54, 1.807) is 30.5 Å². The van der Waals surface area contributed by atoms with Crippen LogP contribution >= 0.6 is 11.3 Å². The number of thiophene rings is 1. The van der Waals surface area contributed by atoms with E-state index in [1.807, 2.05) is 23.8 Å². The van der Waals surface area contributed by atoms with Crippen LogP contribution in [0, 0.1) is 6.92 Å². The second-order valence-corrected chi connectivity index (χ2v) is 4.93. The minimum absolute atomic E-state index is 0.0235. The van der Waals surface area contributed by atoms with Gasteiger partial charge in [-0.1, -0.05) is 0 Å². The van der Waals surface area contributed by atoms with Gasteiger partial charge in [-0.25, -0.2) is 0 Å². The molecule has 2 heterocycles. The molecule has 3 N–H and O–H groups in total. The molecule has 0 aliphatic heterocycles. The lowest BCUT2D eigenvalue weighted by atomic mass is 10.1. The molecule has 0 saturated heterocycles. The molecular formula is C13H15N3OS. The lowest BCUT2D eigenvalue weighted by molar-refractivity contribution is 0.0939. The molecule has 0 aliphatic carbocycles. The lowest BCUT2D eigenvalue weighted by Crippen LogP contribution is -2.27. The number of anilines is 1. The third-order valence-corrected chi connectivity index (χ3v) is 3.44. The molecule has 94 valence electrons. The van der Waals surface area contributed by atoms with Crippen molar-refractivity contribution < 1.29 is 4.79 Å². The minimum atomic E-state index is -0.147. The lowest BCUT2D eigenvalue weighted by Gasteiger charge is -2.13. The topological polar surface area (TPSA) is 68.0 Å². The molecule has 2 aromatic heterocycles. The SMILES string of the molecule is Cc1ncc(N)cc1C(=O)NC(C)c1ccsc1. The molecule has 0 bridgehead atoms. The average Bonchev–Trinajstić information content (AvgIpc) is 2.85. The third-order valence-electron chi connectivity index (χ3n) is 2.74. The van der Waals surface area contributed by atoms with Crippen molar-refractivity contribution >= 4 is 22.9 Å². The normalized spacial score (nSPS) is 12.1. The van der Waals surface area contributed by atoms with Gasteiger partial charge in [-0.3, -0.25) is 9.78 Å². The van der Waals surface area contributed by atoms with E-state index in [4.69, 9.17) is 5.73 Å². The molecule has 5 heteroatoms. The Labute approximate surface area is 110 Å². The Balaban J connectivity index is 2.15. The maximum absolute atomic E-state index is 12.1. The molecular weight excluding hydrogens is 246 g/mol. The van der Waals surface area contributed by atoms with Crippen LogP contribution in [0.5, 0.6) is 0 Å². The number of aryl methyl sites for hydroxylation is 1. The summed E-state index contributed by atoms with van der Waals surface area (Å²) >= 11 is 1.61. The Bertz CT molecular complexity index is 551. The Morgan fingerprint density at radius 1 is 1.56 bits per heavy atom. The van der Waals surface area contributed by atoms with Crippen LogP contribution in [0.15, 0.2) is 29.1 Å². The van der Waals surface area contributed by atoms with Crippen molar-refractivity contribution in [3.63, 3.8) is 0 Å². The van der Waals surface area contributed by atoms with Crippen LogP contribution in [0.4, 0.5) is 5.69 Å². The number of nitrogens with zero attached hydrogens (tertiary/aromatic N) is 1. The summed E-state index contributed by atoms with van der Waals surface area (Å²) in [5.74, 6) is -0.147. The maximum atomic E-state index is 12.1. The number of hydrogen-bond donors (Lipinski definition) is 2. The number of aromatic nitrogens is 1. The summed E-state index contributed by atoms with van der Waals surface area (Å²) < 4.78 is 0. The van der Waals surface area contributed by atoms with Gasteiger partial charge in [0.2, 0.25) is 0 Å². The molecule has 2 rings (SSSR count). The highest BCUT2D eigenvalue weighted by molar-refractivity contribution is 7.07. The van der Waals surface area contributed by atoms with E-state index in [1.165, 1.54) is 0 Å². The number of nitrogen functional groups attached to an aromatic ring is 1. The van der Waals surface area contributed by atoms with Gasteiger partial charge in [0.25, 0.3) is 5.91 Å². The number of hydrogen-bond acceptors (Lipinski definition) is 4. The standard InChI is InChI=1S/C13H15N3OS/c1-8(10-3-4-18-7-10)16-13(17)12-5-11(14)6-15-9(12)2/h3-8H,14H2,1-2H3,(H,16,17). The van der Waals surface area contributed by atoms with Crippen molar-refractivity contribution in [1.82, 2.24) is 10.3 Å². The van der Waals surface area contributed by atoms with Gasteiger partial charge in [-0.15, -0.1) is 0 Å². The zero-order valence-corrected chi connectivity index (χ0v) is 11.1. The Morgan fingerprint density at radius 2 is 2.33 bits per heavy atom. The molecule has 4 nitrogen and oxygen atoms in total. The summed E-state index contributed by atoms with van der Waals surface area (Å²) in [6.07, 6.45) is 1.55. The Morgan fingerprint density at radius 3 is 3.00 bits per heavy atom. The van der Waals surface area contributed by atoms with Gasteiger partial charge in [-0.2, -0.15) is 11.3 Å². The van der Waals surface area contributed by atoms with Crippen LogP contribution < -0.4 is 11.1 Å². The first-order chi connectivity index (χ1) is 8.58. The fraction of sp³-hybridized carbons (Fsp3) is 0.231. The van der Waals surface area contributed by atoms with E-state index in [9.17, 15) is 4.79 Å². The van der Waals surface area contributed by atoms with Gasteiger partial charge < -0.3 is 11.1 Å². The number of nitrogens with two attached hydrogens (primary N) is 1. The summed E-state index contributed by atoms with van der Waals surface area (Å²) in [6.45, 7) is 3.75. The molecule has 0 radical (unpaired) electrons. The van der Waals surface area contributed by atoms with Crippen LogP contribution in [0.3, 0.4) is 0 Å². The first kappa shape index (κ1) is 12.6. The van der Waals surface area contributed by atoms with Crippen LogP contribution in [-0.2, 0) is 0 Å². The number of nitrogens with one attached hydrogen (secondary N) is 1. The highest BCUT2D eigenvalue weighted by Crippen LogP contribution is 2.17. The van der Waals surface area contributed by atoms with E-state index in [2.05, 4.69) is 10.3 Å². The highest BCUT2D eigenvalue weighted by Gasteiger charge is 2.14. The summed E-state index contributed by atoms with van der Waals surface area (Å²) in [7, 11) is 0. The summed E-state index contributed by atoms with van der Waals surface area (Å²) in [4.78, 5) is 16.2. The maximum Gasteiger partial charge on any atom is 0.253 e. The summed E-state index contributed by atoms with van der Waals surface area (Å²) in [5, 5.41) is 6.95. The van der Waals surface area contributed by atoms with Crippen LogP contribution in [-0.4, -0.2) is 10.9 Å². The van der Waals surface area contributed by atoms with E-state index in [0.29, 0.717) is 16.9 Å². The third kappa shape index (κ3) is 2.68. The Hall–Kier alpha value is -1.88. The first-order valence-electron chi connectivity index (χ1n) is 5.63. The van der Waals surface area contributed by atoms with Gasteiger partial charge in [0.05, 0.1) is 29.2 Å². The van der Waals surface area contributed by atoms with Crippen molar-refractivity contribution in [2.45, 2.75) is 19.9 Å². The molecule has 1 amide bonds. The van der Waals surface area contributed by atoms with Gasteiger partial charge in [-0.05, 0) is 42.3 Å². The molecule has 1 atom stereocenters. The molecule has 0 aromatic carbocycles. The number of amides is 1. The van der Waals surface area contributed by atoms with E-state index >= 15 is 0 Å². The summed E-state index contributed by atoms with van der Waals surface area (Å²) in [6, 6.07) is 3.63. The zero-order chi connectivity index (χ0) is 13.1. The highest BCUT2D eigenvalue weighted by atomic mass is 32.1. The number of carbonyl (C=O) groups excluding carboxylic acids is 1. The second kappa shape index (κ2) is 5.18. The second-order valence-electron chi connectivity index (χ2n) is 4.15. The average molecular weight is 261 g/mol. The predicted molar refractivity (Wildman–Crippen MR) is 73.6 cm³/mol. The van der Waals surface area contributed by atoms with Gasteiger partial charge in [0.15, 0.2) is 0 Å². The number of pyridine rings is 1.